The van der Waals surface area contributed by atoms with E-state index in [1.165, 1.54) is 6.20 Å². The fraction of sp³-hybridized carbons (Fsp3) is 0.222. The second-order valence-corrected chi connectivity index (χ2v) is 3.06. The number of carbonyl (C=O) groups is 2. The van der Waals surface area contributed by atoms with Gasteiger partial charge in [0.1, 0.15) is 5.82 Å². The number of rotatable bonds is 2. The Morgan fingerprint density at radius 3 is 2.47 bits per heavy atom. The summed E-state index contributed by atoms with van der Waals surface area (Å²) < 4.78 is 0. The molecule has 6 heteroatoms. The summed E-state index contributed by atoms with van der Waals surface area (Å²) in [6.45, 7) is 0. The van der Waals surface area contributed by atoms with Gasteiger partial charge in [-0.25, -0.2) is 9.78 Å². The minimum absolute atomic E-state index is 0.355. The Hall–Kier alpha value is -2.11. The molecule has 0 fully saturated rings. The van der Waals surface area contributed by atoms with Gasteiger partial charge in [0.25, 0.3) is 0 Å². The second-order valence-electron chi connectivity index (χ2n) is 3.06. The Balaban J connectivity index is 2.73. The van der Waals surface area contributed by atoms with Crippen molar-refractivity contribution < 1.29 is 14.7 Å². The van der Waals surface area contributed by atoms with Crippen LogP contribution >= 0.6 is 0 Å². The van der Waals surface area contributed by atoms with E-state index < -0.39 is 11.9 Å². The van der Waals surface area contributed by atoms with Gasteiger partial charge in [-0.3, -0.25) is 4.79 Å². The van der Waals surface area contributed by atoms with Gasteiger partial charge in [-0.15, -0.1) is 0 Å². The molecule has 0 spiro atoms. The van der Waals surface area contributed by atoms with Crippen LogP contribution in [0.15, 0.2) is 18.3 Å². The Morgan fingerprint density at radius 1 is 1.40 bits per heavy atom. The van der Waals surface area contributed by atoms with Crippen molar-refractivity contribution in [1.29, 1.82) is 0 Å². The highest BCUT2D eigenvalue weighted by Gasteiger charge is 2.10. The number of carboxylic acids is 1. The van der Waals surface area contributed by atoms with Gasteiger partial charge in [-0.05, 0) is 12.1 Å². The Morgan fingerprint density at radius 2 is 2.07 bits per heavy atom. The molecular weight excluding hydrogens is 198 g/mol. The average molecular weight is 209 g/mol. The lowest BCUT2D eigenvalue weighted by Gasteiger charge is -2.11. The molecule has 0 aliphatic carbocycles. The Kier molecular flexibility index (Phi) is 3.22. The zero-order valence-electron chi connectivity index (χ0n) is 8.39. The number of nitrogens with one attached hydrogen (secondary N) is 1. The summed E-state index contributed by atoms with van der Waals surface area (Å²) in [5.74, 6) is -1.87. The third kappa shape index (κ3) is 2.94. The first-order valence-electron chi connectivity index (χ1n) is 4.18. The monoisotopic (exact) mass is 209 g/mol. The second kappa shape index (κ2) is 4.41. The minimum Gasteiger partial charge on any atom is -0.474 e. The van der Waals surface area contributed by atoms with Crippen LogP contribution in [0.2, 0.25) is 0 Å². The summed E-state index contributed by atoms with van der Waals surface area (Å²) in [5, 5.41) is 10.5. The van der Waals surface area contributed by atoms with Crippen molar-refractivity contribution in [2.24, 2.45) is 0 Å². The molecule has 15 heavy (non-hydrogen) atoms. The van der Waals surface area contributed by atoms with E-state index in [4.69, 9.17) is 5.11 Å². The molecule has 0 atom stereocenters. The van der Waals surface area contributed by atoms with Gasteiger partial charge >= 0.3 is 11.9 Å². The molecule has 0 aliphatic rings. The van der Waals surface area contributed by atoms with Gasteiger partial charge in [-0.2, -0.15) is 0 Å². The highest BCUT2D eigenvalue weighted by Crippen LogP contribution is 2.11. The SMILES string of the molecule is CN(C)c1ccc(NC(=O)C(=O)O)cn1. The molecule has 1 aromatic heterocycles. The van der Waals surface area contributed by atoms with Crippen LogP contribution in [-0.2, 0) is 9.59 Å². The van der Waals surface area contributed by atoms with E-state index in [1.807, 2.05) is 14.1 Å². The fourth-order valence-corrected chi connectivity index (χ4v) is 0.909. The van der Waals surface area contributed by atoms with Gasteiger partial charge in [-0.1, -0.05) is 0 Å². The molecule has 6 nitrogen and oxygen atoms in total. The lowest BCUT2D eigenvalue weighted by Crippen LogP contribution is -2.22. The van der Waals surface area contributed by atoms with Crippen molar-refractivity contribution in [2.45, 2.75) is 0 Å². The normalized spacial score (nSPS) is 9.47. The number of nitrogens with zero attached hydrogens (tertiary/aromatic N) is 2. The molecule has 0 saturated heterocycles. The third-order valence-corrected chi connectivity index (χ3v) is 1.66. The summed E-state index contributed by atoms with van der Waals surface area (Å²) in [7, 11) is 3.66. The molecule has 1 heterocycles. The third-order valence-electron chi connectivity index (χ3n) is 1.66. The molecule has 80 valence electrons. The molecule has 0 unspecified atom stereocenters. The molecule has 1 rings (SSSR count). The van der Waals surface area contributed by atoms with E-state index in [2.05, 4.69) is 10.3 Å². The maximum Gasteiger partial charge on any atom is 0.394 e. The van der Waals surface area contributed by atoms with Crippen LogP contribution in [0.4, 0.5) is 11.5 Å². The minimum atomic E-state index is -1.52. The predicted octanol–water partition coefficient (Wildman–Crippen LogP) is 0.171. The summed E-state index contributed by atoms with van der Waals surface area (Å²) >= 11 is 0. The molecule has 0 radical (unpaired) electrons. The number of hydrogen-bond donors (Lipinski definition) is 2. The predicted molar refractivity (Wildman–Crippen MR) is 54.8 cm³/mol. The highest BCUT2D eigenvalue weighted by molar-refractivity contribution is 6.36. The number of anilines is 2. The van der Waals surface area contributed by atoms with E-state index in [-0.39, 0.29) is 0 Å². The Bertz CT molecular complexity index is 373. The van der Waals surface area contributed by atoms with E-state index in [9.17, 15) is 9.59 Å². The topological polar surface area (TPSA) is 82.5 Å². The van der Waals surface area contributed by atoms with Gasteiger partial charge in [0, 0.05) is 14.1 Å². The van der Waals surface area contributed by atoms with Gasteiger partial charge in [0.15, 0.2) is 0 Å². The van der Waals surface area contributed by atoms with Crippen LogP contribution < -0.4 is 10.2 Å². The zero-order chi connectivity index (χ0) is 11.4. The number of aliphatic carboxylic acids is 1. The van der Waals surface area contributed by atoms with Gasteiger partial charge < -0.3 is 15.3 Å². The lowest BCUT2D eigenvalue weighted by molar-refractivity contribution is -0.147. The van der Waals surface area contributed by atoms with Crippen LogP contribution in [0.25, 0.3) is 0 Å². The summed E-state index contributed by atoms with van der Waals surface area (Å²) in [4.78, 5) is 26.8. The number of amides is 1. The lowest BCUT2D eigenvalue weighted by atomic mass is 10.4. The molecule has 1 aromatic rings. The maximum absolute atomic E-state index is 10.8. The largest absolute Gasteiger partial charge is 0.474 e. The number of pyridine rings is 1. The van der Waals surface area contributed by atoms with Crippen molar-refractivity contribution in [2.75, 3.05) is 24.3 Å². The molecule has 0 aliphatic heterocycles. The first-order chi connectivity index (χ1) is 7.00. The standard InChI is InChI=1S/C9H11N3O3/c1-12(2)7-4-3-6(5-10-7)11-8(13)9(14)15/h3-5H,1-2H3,(H,11,13)(H,14,15). The van der Waals surface area contributed by atoms with Crippen LogP contribution in [0.3, 0.4) is 0 Å². The zero-order valence-corrected chi connectivity index (χ0v) is 8.39. The van der Waals surface area contributed by atoms with E-state index in [0.29, 0.717) is 5.69 Å². The summed E-state index contributed by atoms with van der Waals surface area (Å²) in [6.07, 6.45) is 1.40. The van der Waals surface area contributed by atoms with Gasteiger partial charge in [0.2, 0.25) is 0 Å². The smallest absolute Gasteiger partial charge is 0.394 e. The molecule has 2 N–H and O–H groups in total. The van der Waals surface area contributed by atoms with Crippen LogP contribution in [0.1, 0.15) is 0 Å². The van der Waals surface area contributed by atoms with Crippen molar-refractivity contribution in [3.63, 3.8) is 0 Å². The maximum atomic E-state index is 10.8. The quantitative estimate of drug-likeness (QED) is 0.678. The summed E-state index contributed by atoms with van der Waals surface area (Å²) in [5.41, 5.74) is 0.355. The molecule has 0 aromatic carbocycles. The Labute approximate surface area is 86.5 Å². The molecule has 0 saturated carbocycles. The van der Waals surface area contributed by atoms with Crippen LogP contribution in [0, 0.1) is 0 Å². The van der Waals surface area contributed by atoms with Crippen molar-refractivity contribution in [1.82, 2.24) is 4.98 Å². The van der Waals surface area contributed by atoms with Crippen LogP contribution in [-0.4, -0.2) is 36.1 Å². The number of carboxylic acid groups (broad SMARTS) is 1. The number of carbonyl (C=O) groups excluding carboxylic acids is 1. The molecule has 1 amide bonds. The number of aromatic nitrogens is 1. The number of hydrogen-bond acceptors (Lipinski definition) is 4. The fourth-order valence-electron chi connectivity index (χ4n) is 0.909. The van der Waals surface area contributed by atoms with Crippen molar-refractivity contribution >= 4 is 23.4 Å². The highest BCUT2D eigenvalue weighted by atomic mass is 16.4. The first kappa shape index (κ1) is 11.0. The molecular formula is C9H11N3O3. The molecule has 0 bridgehead atoms. The van der Waals surface area contributed by atoms with Crippen molar-refractivity contribution in [3.05, 3.63) is 18.3 Å². The van der Waals surface area contributed by atoms with Crippen molar-refractivity contribution in [3.8, 4) is 0 Å². The summed E-state index contributed by atoms with van der Waals surface area (Å²) in [6, 6.07) is 3.26. The van der Waals surface area contributed by atoms with E-state index >= 15 is 0 Å². The van der Waals surface area contributed by atoms with E-state index in [1.54, 1.807) is 17.0 Å². The van der Waals surface area contributed by atoms with Crippen LogP contribution in [0.5, 0.6) is 0 Å². The first-order valence-corrected chi connectivity index (χ1v) is 4.18. The average Bonchev–Trinajstić information content (AvgIpc) is 2.18. The van der Waals surface area contributed by atoms with E-state index in [0.717, 1.165) is 5.82 Å². The van der Waals surface area contributed by atoms with Gasteiger partial charge in [0.05, 0.1) is 11.9 Å².